The second-order valence-electron chi connectivity index (χ2n) is 6.93. The Labute approximate surface area is 168 Å². The Morgan fingerprint density at radius 2 is 1.79 bits per heavy atom. The van der Waals surface area contributed by atoms with Crippen molar-refractivity contribution in [2.75, 3.05) is 11.9 Å². The van der Waals surface area contributed by atoms with E-state index < -0.39 is 30.4 Å². The zero-order valence-electron chi connectivity index (χ0n) is 16.2. The molecule has 1 aliphatic rings. The maximum absolute atomic E-state index is 12.0. The molecular weight excluding hydrogens is 376 g/mol. The number of imide groups is 1. The summed E-state index contributed by atoms with van der Waals surface area (Å²) in [5.74, 6) is -1.56. The third-order valence-corrected chi connectivity index (χ3v) is 4.66. The molecule has 1 fully saturated rings. The molecule has 29 heavy (non-hydrogen) atoms. The van der Waals surface area contributed by atoms with Gasteiger partial charge in [0.15, 0.2) is 6.61 Å². The quantitative estimate of drug-likeness (QED) is 0.625. The standard InChI is InChI=1S/C20H24N4O5/c1-13-4-2-3-5-16(13)23-20(28)24-18(26)12-29-19(27)14-6-8-15(9-7-14)22-17(25)10-11-21/h6-9,13,16H,2-5,10,12H2,1H3,(H,22,25)(H2,23,24,26,28)/t13-,16+/m0/s1. The smallest absolute Gasteiger partial charge is 0.338 e. The van der Waals surface area contributed by atoms with Crippen LogP contribution in [0, 0.1) is 17.2 Å². The van der Waals surface area contributed by atoms with Crippen molar-refractivity contribution < 1.29 is 23.9 Å². The van der Waals surface area contributed by atoms with Crippen molar-refractivity contribution in [2.24, 2.45) is 5.92 Å². The second kappa shape index (κ2) is 10.8. The molecule has 1 aromatic rings. The Morgan fingerprint density at radius 1 is 1.10 bits per heavy atom. The number of benzene rings is 1. The lowest BCUT2D eigenvalue weighted by molar-refractivity contribution is -0.123. The minimum Gasteiger partial charge on any atom is -0.452 e. The van der Waals surface area contributed by atoms with Crippen molar-refractivity contribution in [2.45, 2.75) is 45.1 Å². The number of nitriles is 1. The van der Waals surface area contributed by atoms with Gasteiger partial charge < -0.3 is 15.4 Å². The SMILES string of the molecule is C[C@H]1CCCC[C@H]1NC(=O)NC(=O)COC(=O)c1ccc(NC(=O)CC#N)cc1. The molecule has 0 aliphatic heterocycles. The van der Waals surface area contributed by atoms with E-state index >= 15 is 0 Å². The van der Waals surface area contributed by atoms with Crippen LogP contribution >= 0.6 is 0 Å². The molecule has 2 atom stereocenters. The molecule has 0 radical (unpaired) electrons. The van der Waals surface area contributed by atoms with Gasteiger partial charge in [-0.25, -0.2) is 9.59 Å². The van der Waals surface area contributed by atoms with E-state index in [1.807, 2.05) is 0 Å². The minimum atomic E-state index is -0.739. The summed E-state index contributed by atoms with van der Waals surface area (Å²) in [7, 11) is 0. The summed E-state index contributed by atoms with van der Waals surface area (Å²) in [5, 5.41) is 15.9. The van der Waals surface area contributed by atoms with Crippen LogP contribution in [0.4, 0.5) is 10.5 Å². The van der Waals surface area contributed by atoms with Crippen LogP contribution in [0.2, 0.25) is 0 Å². The number of amides is 4. The minimum absolute atomic E-state index is 0.0336. The Balaban J connectivity index is 1.75. The topological polar surface area (TPSA) is 137 Å². The highest BCUT2D eigenvalue weighted by Crippen LogP contribution is 2.23. The van der Waals surface area contributed by atoms with Crippen LogP contribution < -0.4 is 16.0 Å². The van der Waals surface area contributed by atoms with Gasteiger partial charge in [-0.2, -0.15) is 5.26 Å². The molecule has 0 heterocycles. The number of nitrogens with zero attached hydrogens (tertiary/aromatic N) is 1. The summed E-state index contributed by atoms with van der Waals surface area (Å²) < 4.78 is 4.90. The first-order valence-corrected chi connectivity index (χ1v) is 9.43. The number of ether oxygens (including phenoxy) is 1. The summed E-state index contributed by atoms with van der Waals surface area (Å²) in [6.07, 6.45) is 3.83. The van der Waals surface area contributed by atoms with Gasteiger partial charge in [-0.15, -0.1) is 0 Å². The highest BCUT2D eigenvalue weighted by molar-refractivity contribution is 5.97. The summed E-state index contributed by atoms with van der Waals surface area (Å²) >= 11 is 0. The van der Waals surface area contributed by atoms with E-state index in [4.69, 9.17) is 10.00 Å². The van der Waals surface area contributed by atoms with Crippen LogP contribution in [0.15, 0.2) is 24.3 Å². The zero-order chi connectivity index (χ0) is 21.2. The molecule has 0 spiro atoms. The Morgan fingerprint density at radius 3 is 2.45 bits per heavy atom. The largest absolute Gasteiger partial charge is 0.452 e. The average molecular weight is 400 g/mol. The lowest BCUT2D eigenvalue weighted by Crippen LogP contribution is -2.48. The summed E-state index contributed by atoms with van der Waals surface area (Å²) in [4.78, 5) is 47.1. The molecule has 4 amide bonds. The average Bonchev–Trinajstić information content (AvgIpc) is 2.68. The lowest BCUT2D eigenvalue weighted by atomic mass is 9.86. The second-order valence-corrected chi connectivity index (χ2v) is 6.93. The molecule has 1 aromatic carbocycles. The van der Waals surface area contributed by atoms with Crippen molar-refractivity contribution in [3.63, 3.8) is 0 Å². The number of rotatable bonds is 6. The number of hydrogen-bond acceptors (Lipinski definition) is 6. The van der Waals surface area contributed by atoms with Gasteiger partial charge in [-0.1, -0.05) is 19.8 Å². The molecular formula is C20H24N4O5. The predicted molar refractivity (Wildman–Crippen MR) is 104 cm³/mol. The van der Waals surface area contributed by atoms with Gasteiger partial charge in [0.1, 0.15) is 6.42 Å². The summed E-state index contributed by atoms with van der Waals surface area (Å²) in [6, 6.07) is 6.95. The van der Waals surface area contributed by atoms with Crippen LogP contribution in [0.25, 0.3) is 0 Å². The monoisotopic (exact) mass is 400 g/mol. The third kappa shape index (κ3) is 7.25. The fraction of sp³-hybridized carbons (Fsp3) is 0.450. The van der Waals surface area contributed by atoms with Crippen LogP contribution in [-0.2, 0) is 14.3 Å². The van der Waals surface area contributed by atoms with Crippen LogP contribution in [0.1, 0.15) is 49.4 Å². The van der Waals surface area contributed by atoms with Crippen LogP contribution in [0.5, 0.6) is 0 Å². The van der Waals surface area contributed by atoms with E-state index in [2.05, 4.69) is 22.9 Å². The van der Waals surface area contributed by atoms with Gasteiger partial charge in [0, 0.05) is 11.7 Å². The highest BCUT2D eigenvalue weighted by Gasteiger charge is 2.23. The number of esters is 1. The number of carbonyl (C=O) groups excluding carboxylic acids is 4. The van der Waals surface area contributed by atoms with Crippen molar-refractivity contribution in [3.8, 4) is 6.07 Å². The third-order valence-electron chi connectivity index (χ3n) is 4.66. The maximum Gasteiger partial charge on any atom is 0.338 e. The highest BCUT2D eigenvalue weighted by atomic mass is 16.5. The Kier molecular flexibility index (Phi) is 8.15. The number of carbonyl (C=O) groups is 4. The molecule has 0 saturated heterocycles. The molecule has 9 heteroatoms. The predicted octanol–water partition coefficient (Wildman–Crippen LogP) is 2.10. The molecule has 0 bridgehead atoms. The van der Waals surface area contributed by atoms with Crippen molar-refractivity contribution in [1.82, 2.24) is 10.6 Å². The van der Waals surface area contributed by atoms with Gasteiger partial charge >= 0.3 is 12.0 Å². The first-order chi connectivity index (χ1) is 13.9. The van der Waals surface area contributed by atoms with Crippen LogP contribution in [0.3, 0.4) is 0 Å². The number of urea groups is 1. The van der Waals surface area contributed by atoms with Gasteiger partial charge in [0.2, 0.25) is 5.91 Å². The summed E-state index contributed by atoms with van der Waals surface area (Å²) in [5.41, 5.74) is 0.602. The van der Waals surface area contributed by atoms with Gasteiger partial charge in [-0.05, 0) is 43.0 Å². The van der Waals surface area contributed by atoms with Crippen molar-refractivity contribution >= 4 is 29.5 Å². The van der Waals surface area contributed by atoms with E-state index in [-0.39, 0.29) is 18.0 Å². The first-order valence-electron chi connectivity index (χ1n) is 9.43. The zero-order valence-corrected chi connectivity index (χ0v) is 16.2. The van der Waals surface area contributed by atoms with Crippen LogP contribution in [-0.4, -0.2) is 36.5 Å². The molecule has 2 rings (SSSR count). The van der Waals surface area contributed by atoms with E-state index in [0.29, 0.717) is 11.6 Å². The molecule has 154 valence electrons. The summed E-state index contributed by atoms with van der Waals surface area (Å²) in [6.45, 7) is 1.47. The van der Waals surface area contributed by atoms with Crippen molar-refractivity contribution in [1.29, 1.82) is 5.26 Å². The Hall–Kier alpha value is -3.41. The normalized spacial score (nSPS) is 18.1. The molecule has 1 saturated carbocycles. The fourth-order valence-corrected chi connectivity index (χ4v) is 3.08. The number of nitrogens with one attached hydrogen (secondary N) is 3. The number of hydrogen-bond donors (Lipinski definition) is 3. The molecule has 0 unspecified atom stereocenters. The molecule has 3 N–H and O–H groups in total. The molecule has 1 aliphatic carbocycles. The van der Waals surface area contributed by atoms with Gasteiger partial charge in [-0.3, -0.25) is 14.9 Å². The van der Waals surface area contributed by atoms with E-state index in [1.165, 1.54) is 24.3 Å². The van der Waals surface area contributed by atoms with E-state index in [9.17, 15) is 19.2 Å². The fourth-order valence-electron chi connectivity index (χ4n) is 3.08. The van der Waals surface area contributed by atoms with Gasteiger partial charge in [0.25, 0.3) is 5.91 Å². The lowest BCUT2D eigenvalue weighted by Gasteiger charge is -2.29. The molecule has 9 nitrogen and oxygen atoms in total. The first kappa shape index (κ1) is 21.9. The van der Waals surface area contributed by atoms with E-state index in [1.54, 1.807) is 6.07 Å². The number of anilines is 1. The van der Waals surface area contributed by atoms with Gasteiger partial charge in [0.05, 0.1) is 11.6 Å². The Bertz CT molecular complexity index is 800. The van der Waals surface area contributed by atoms with Crippen molar-refractivity contribution in [3.05, 3.63) is 29.8 Å². The van der Waals surface area contributed by atoms with E-state index in [0.717, 1.165) is 25.7 Å². The maximum atomic E-state index is 12.0. The molecule has 0 aromatic heterocycles.